The Bertz CT molecular complexity index is 318. The molecule has 2 atom stereocenters. The summed E-state index contributed by atoms with van der Waals surface area (Å²) in [5, 5.41) is 7.62. The zero-order valence-electron chi connectivity index (χ0n) is 9.25. The molecule has 78 valence electrons. The molecular weight excluding hydrogens is 174 g/mol. The van der Waals surface area contributed by atoms with Gasteiger partial charge in [-0.2, -0.15) is 5.10 Å². The second kappa shape index (κ2) is 3.39. The van der Waals surface area contributed by atoms with Gasteiger partial charge in [0.05, 0.1) is 0 Å². The molecule has 14 heavy (non-hydrogen) atoms. The third-order valence-electron chi connectivity index (χ3n) is 3.59. The van der Waals surface area contributed by atoms with Crippen LogP contribution in [-0.2, 0) is 12.5 Å². The summed E-state index contributed by atoms with van der Waals surface area (Å²) >= 11 is 0. The highest BCUT2D eigenvalue weighted by atomic mass is 15.3. The molecule has 2 rings (SSSR count). The molecule has 1 aromatic heterocycles. The third kappa shape index (κ3) is 1.46. The van der Waals surface area contributed by atoms with Crippen LogP contribution in [0.1, 0.15) is 31.9 Å². The SMILES string of the molecule is CNC1CCC(C)(c2ccnn2C)C1. The molecule has 1 saturated carbocycles. The molecule has 0 bridgehead atoms. The first-order chi connectivity index (χ1) is 6.65. The van der Waals surface area contributed by atoms with Crippen molar-refractivity contribution in [2.24, 2.45) is 7.05 Å². The molecule has 0 spiro atoms. The van der Waals surface area contributed by atoms with E-state index in [0.717, 1.165) is 0 Å². The zero-order chi connectivity index (χ0) is 10.2. The van der Waals surface area contributed by atoms with Crippen LogP contribution in [-0.4, -0.2) is 22.9 Å². The number of nitrogens with zero attached hydrogens (tertiary/aromatic N) is 2. The molecule has 0 aliphatic heterocycles. The minimum Gasteiger partial charge on any atom is -0.317 e. The van der Waals surface area contributed by atoms with Crippen molar-refractivity contribution in [2.75, 3.05) is 7.05 Å². The lowest BCUT2D eigenvalue weighted by molar-refractivity contribution is 0.432. The van der Waals surface area contributed by atoms with Crippen molar-refractivity contribution >= 4 is 0 Å². The minimum atomic E-state index is 0.318. The first-order valence-corrected chi connectivity index (χ1v) is 5.31. The zero-order valence-corrected chi connectivity index (χ0v) is 9.25. The molecule has 1 aromatic rings. The van der Waals surface area contributed by atoms with E-state index >= 15 is 0 Å². The molecule has 0 radical (unpaired) electrons. The Labute approximate surface area is 85.5 Å². The molecule has 1 heterocycles. The molecule has 3 nitrogen and oxygen atoms in total. The summed E-state index contributed by atoms with van der Waals surface area (Å²) in [6, 6.07) is 2.83. The lowest BCUT2D eigenvalue weighted by atomic mass is 9.85. The van der Waals surface area contributed by atoms with Crippen LogP contribution < -0.4 is 5.32 Å². The number of rotatable bonds is 2. The van der Waals surface area contributed by atoms with Crippen LogP contribution in [0.5, 0.6) is 0 Å². The van der Waals surface area contributed by atoms with E-state index in [9.17, 15) is 0 Å². The largest absolute Gasteiger partial charge is 0.317 e. The monoisotopic (exact) mass is 193 g/mol. The Morgan fingerprint density at radius 3 is 2.93 bits per heavy atom. The Kier molecular flexibility index (Phi) is 2.35. The van der Waals surface area contributed by atoms with E-state index in [1.54, 1.807) is 0 Å². The van der Waals surface area contributed by atoms with Crippen molar-refractivity contribution in [3.8, 4) is 0 Å². The molecule has 2 unspecified atom stereocenters. The van der Waals surface area contributed by atoms with Crippen LogP contribution in [0.25, 0.3) is 0 Å². The van der Waals surface area contributed by atoms with Gasteiger partial charge in [-0.15, -0.1) is 0 Å². The van der Waals surface area contributed by atoms with Crippen LogP contribution in [0.3, 0.4) is 0 Å². The molecule has 3 heteroatoms. The molecule has 1 aliphatic carbocycles. The van der Waals surface area contributed by atoms with Gasteiger partial charge in [-0.25, -0.2) is 0 Å². The summed E-state index contributed by atoms with van der Waals surface area (Å²) in [7, 11) is 4.09. The Balaban J connectivity index is 2.22. The predicted molar refractivity (Wildman–Crippen MR) is 57.3 cm³/mol. The first kappa shape index (κ1) is 9.71. The molecular formula is C11H19N3. The van der Waals surface area contributed by atoms with Gasteiger partial charge < -0.3 is 5.32 Å². The van der Waals surface area contributed by atoms with Gasteiger partial charge in [0.1, 0.15) is 0 Å². The average molecular weight is 193 g/mol. The Hall–Kier alpha value is -0.830. The standard InChI is InChI=1S/C11H19N3/c1-11(6-4-9(8-11)12-2)10-5-7-13-14(10)3/h5,7,9,12H,4,6,8H2,1-3H3. The highest BCUT2D eigenvalue weighted by molar-refractivity contribution is 5.18. The van der Waals surface area contributed by atoms with Crippen molar-refractivity contribution in [1.82, 2.24) is 15.1 Å². The molecule has 1 N–H and O–H groups in total. The second-order valence-corrected chi connectivity index (χ2v) is 4.63. The quantitative estimate of drug-likeness (QED) is 0.770. The van der Waals surface area contributed by atoms with Gasteiger partial charge in [0, 0.05) is 30.4 Å². The van der Waals surface area contributed by atoms with Crippen molar-refractivity contribution in [1.29, 1.82) is 0 Å². The van der Waals surface area contributed by atoms with Gasteiger partial charge in [-0.05, 0) is 32.4 Å². The Morgan fingerprint density at radius 2 is 2.43 bits per heavy atom. The van der Waals surface area contributed by atoms with E-state index in [4.69, 9.17) is 0 Å². The number of hydrogen-bond acceptors (Lipinski definition) is 2. The van der Waals surface area contributed by atoms with E-state index in [1.165, 1.54) is 25.0 Å². The molecule has 0 saturated heterocycles. The van der Waals surface area contributed by atoms with Gasteiger partial charge >= 0.3 is 0 Å². The normalized spacial score (nSPS) is 32.4. The van der Waals surface area contributed by atoms with Gasteiger partial charge in [0.2, 0.25) is 0 Å². The maximum Gasteiger partial charge on any atom is 0.0492 e. The minimum absolute atomic E-state index is 0.318. The molecule has 1 fully saturated rings. The van der Waals surface area contributed by atoms with E-state index in [-0.39, 0.29) is 0 Å². The second-order valence-electron chi connectivity index (χ2n) is 4.63. The Morgan fingerprint density at radius 1 is 1.64 bits per heavy atom. The summed E-state index contributed by atoms with van der Waals surface area (Å²) in [6.45, 7) is 2.35. The van der Waals surface area contributed by atoms with E-state index < -0.39 is 0 Å². The summed E-state index contributed by atoms with van der Waals surface area (Å²) < 4.78 is 2.01. The van der Waals surface area contributed by atoms with Crippen LogP contribution in [0.4, 0.5) is 0 Å². The fourth-order valence-corrected chi connectivity index (χ4v) is 2.69. The lowest BCUT2D eigenvalue weighted by Gasteiger charge is -2.24. The number of aromatic nitrogens is 2. The fraction of sp³-hybridized carbons (Fsp3) is 0.727. The topological polar surface area (TPSA) is 29.9 Å². The number of nitrogens with one attached hydrogen (secondary N) is 1. The summed E-state index contributed by atoms with van der Waals surface area (Å²) in [4.78, 5) is 0. The van der Waals surface area contributed by atoms with Gasteiger partial charge in [-0.3, -0.25) is 4.68 Å². The van der Waals surface area contributed by atoms with Crippen molar-refractivity contribution in [3.63, 3.8) is 0 Å². The maximum atomic E-state index is 4.25. The van der Waals surface area contributed by atoms with Gasteiger partial charge in [-0.1, -0.05) is 6.92 Å². The van der Waals surface area contributed by atoms with Gasteiger partial charge in [0.15, 0.2) is 0 Å². The first-order valence-electron chi connectivity index (χ1n) is 5.31. The number of aryl methyl sites for hydroxylation is 1. The summed E-state index contributed by atoms with van der Waals surface area (Å²) in [5.74, 6) is 0. The van der Waals surface area contributed by atoms with Crippen LogP contribution in [0.15, 0.2) is 12.3 Å². The van der Waals surface area contributed by atoms with E-state index in [1.807, 2.05) is 17.9 Å². The third-order valence-corrected chi connectivity index (χ3v) is 3.59. The highest BCUT2D eigenvalue weighted by Gasteiger charge is 2.37. The van der Waals surface area contributed by atoms with Crippen molar-refractivity contribution < 1.29 is 0 Å². The molecule has 0 aromatic carbocycles. The molecule has 0 amide bonds. The number of hydrogen-bond donors (Lipinski definition) is 1. The lowest BCUT2D eigenvalue weighted by Crippen LogP contribution is -2.27. The summed E-state index contributed by atoms with van der Waals surface area (Å²) in [5.41, 5.74) is 1.69. The maximum absolute atomic E-state index is 4.25. The van der Waals surface area contributed by atoms with Crippen molar-refractivity contribution in [3.05, 3.63) is 18.0 Å². The smallest absolute Gasteiger partial charge is 0.0492 e. The summed E-state index contributed by atoms with van der Waals surface area (Å²) in [6.07, 6.45) is 5.66. The van der Waals surface area contributed by atoms with Crippen LogP contribution in [0.2, 0.25) is 0 Å². The molecule has 1 aliphatic rings. The van der Waals surface area contributed by atoms with Crippen LogP contribution in [0, 0.1) is 0 Å². The van der Waals surface area contributed by atoms with Crippen LogP contribution >= 0.6 is 0 Å². The van der Waals surface area contributed by atoms with E-state index in [2.05, 4.69) is 30.5 Å². The fourth-order valence-electron chi connectivity index (χ4n) is 2.69. The predicted octanol–water partition coefficient (Wildman–Crippen LogP) is 1.45. The van der Waals surface area contributed by atoms with Crippen molar-refractivity contribution in [2.45, 2.75) is 37.6 Å². The van der Waals surface area contributed by atoms with E-state index in [0.29, 0.717) is 11.5 Å². The highest BCUT2D eigenvalue weighted by Crippen LogP contribution is 2.40. The average Bonchev–Trinajstić information content (AvgIpc) is 2.73. The van der Waals surface area contributed by atoms with Gasteiger partial charge in [0.25, 0.3) is 0 Å².